The van der Waals surface area contributed by atoms with E-state index in [-0.39, 0.29) is 5.54 Å². The number of nitrogens with one attached hydrogen (secondary N) is 2. The maximum Gasteiger partial charge on any atom is 0.115 e. The first-order valence-electron chi connectivity index (χ1n) is 6.23. The molecule has 1 aromatic rings. The van der Waals surface area contributed by atoms with Crippen LogP contribution in [0.25, 0.3) is 0 Å². The molecule has 3 heteroatoms. The molecule has 0 fully saturated rings. The van der Waals surface area contributed by atoms with Crippen molar-refractivity contribution in [1.82, 2.24) is 10.6 Å². The monoisotopic (exact) mass is 234 g/mol. The van der Waals surface area contributed by atoms with Gasteiger partial charge in [-0.3, -0.25) is 0 Å². The fraction of sp³-hybridized carbons (Fsp3) is 0.571. The summed E-state index contributed by atoms with van der Waals surface area (Å²) in [4.78, 5) is 0. The zero-order valence-corrected chi connectivity index (χ0v) is 10.9. The summed E-state index contributed by atoms with van der Waals surface area (Å²) in [6, 6.07) is 5.71. The molecule has 1 unspecified atom stereocenters. The molecule has 0 bridgehead atoms. The summed E-state index contributed by atoms with van der Waals surface area (Å²) in [6.45, 7) is 9.37. The Hall–Kier alpha value is -1.06. The third-order valence-corrected chi connectivity index (χ3v) is 3.15. The molecule has 1 atom stereocenters. The van der Waals surface area contributed by atoms with Crippen molar-refractivity contribution >= 4 is 0 Å². The first kappa shape index (κ1) is 12.4. The molecule has 0 saturated carbocycles. The van der Waals surface area contributed by atoms with Crippen molar-refractivity contribution in [3.8, 4) is 5.75 Å². The van der Waals surface area contributed by atoms with Gasteiger partial charge in [0.2, 0.25) is 0 Å². The summed E-state index contributed by atoms with van der Waals surface area (Å²) in [6.07, 6.45) is 0. The molecule has 0 spiro atoms. The Bertz CT molecular complexity index is 396. The molecule has 3 nitrogen and oxygen atoms in total. The maximum atomic E-state index is 9.49. The fourth-order valence-corrected chi connectivity index (χ4v) is 2.25. The van der Waals surface area contributed by atoms with Crippen LogP contribution in [0.4, 0.5) is 0 Å². The lowest BCUT2D eigenvalue weighted by Gasteiger charge is -2.30. The van der Waals surface area contributed by atoms with Gasteiger partial charge in [-0.05, 0) is 44.0 Å². The number of fused-ring (bicyclic) bond motifs is 1. The number of hydrogen-bond acceptors (Lipinski definition) is 3. The number of hydrogen-bond donors (Lipinski definition) is 3. The Kier molecular flexibility index (Phi) is 3.40. The van der Waals surface area contributed by atoms with Gasteiger partial charge in [0.25, 0.3) is 0 Å². The van der Waals surface area contributed by atoms with E-state index in [2.05, 4.69) is 37.5 Å². The third kappa shape index (κ3) is 3.20. The highest BCUT2D eigenvalue weighted by Gasteiger charge is 2.21. The first-order chi connectivity index (χ1) is 7.96. The van der Waals surface area contributed by atoms with Crippen LogP contribution in [-0.2, 0) is 6.54 Å². The van der Waals surface area contributed by atoms with Crippen molar-refractivity contribution in [1.29, 1.82) is 0 Å². The quantitative estimate of drug-likeness (QED) is 0.733. The van der Waals surface area contributed by atoms with Crippen molar-refractivity contribution in [2.45, 2.75) is 38.8 Å². The Labute approximate surface area is 103 Å². The lowest BCUT2D eigenvalue weighted by molar-refractivity contribution is 0.391. The van der Waals surface area contributed by atoms with Crippen LogP contribution >= 0.6 is 0 Å². The van der Waals surface area contributed by atoms with Crippen LogP contribution in [0.15, 0.2) is 18.2 Å². The average molecular weight is 234 g/mol. The van der Waals surface area contributed by atoms with E-state index < -0.39 is 0 Å². The van der Waals surface area contributed by atoms with Crippen molar-refractivity contribution < 1.29 is 5.11 Å². The summed E-state index contributed by atoms with van der Waals surface area (Å²) in [5, 5.41) is 16.4. The lowest BCUT2D eigenvalue weighted by atomic mass is 9.90. The van der Waals surface area contributed by atoms with Gasteiger partial charge < -0.3 is 15.7 Å². The third-order valence-electron chi connectivity index (χ3n) is 3.15. The molecule has 2 rings (SSSR count). The molecule has 1 heterocycles. The Morgan fingerprint density at radius 3 is 2.88 bits per heavy atom. The summed E-state index contributed by atoms with van der Waals surface area (Å²) in [5.41, 5.74) is 2.73. The van der Waals surface area contributed by atoms with Crippen LogP contribution in [0.5, 0.6) is 5.75 Å². The molecule has 1 aliphatic rings. The minimum Gasteiger partial charge on any atom is -0.508 e. The number of rotatable bonds is 2. The highest BCUT2D eigenvalue weighted by Crippen LogP contribution is 2.26. The van der Waals surface area contributed by atoms with Crippen molar-refractivity contribution in [2.24, 2.45) is 0 Å². The molecule has 17 heavy (non-hydrogen) atoms. The van der Waals surface area contributed by atoms with E-state index in [0.29, 0.717) is 11.7 Å². The smallest absolute Gasteiger partial charge is 0.115 e. The van der Waals surface area contributed by atoms with Crippen LogP contribution in [0.2, 0.25) is 0 Å². The van der Waals surface area contributed by atoms with Gasteiger partial charge in [0.15, 0.2) is 0 Å². The zero-order chi connectivity index (χ0) is 12.5. The van der Waals surface area contributed by atoms with Crippen molar-refractivity contribution in [2.75, 3.05) is 13.1 Å². The van der Waals surface area contributed by atoms with Crippen LogP contribution < -0.4 is 10.6 Å². The SMILES string of the molecule is CC(C)(C)NCC1CNCc2cc(O)ccc21. The minimum absolute atomic E-state index is 0.147. The van der Waals surface area contributed by atoms with Gasteiger partial charge in [0.1, 0.15) is 5.75 Å². The van der Waals surface area contributed by atoms with Gasteiger partial charge in [-0.1, -0.05) is 6.07 Å². The van der Waals surface area contributed by atoms with Crippen LogP contribution in [-0.4, -0.2) is 23.7 Å². The second-order valence-electron chi connectivity index (χ2n) is 5.84. The zero-order valence-electron chi connectivity index (χ0n) is 10.9. The first-order valence-corrected chi connectivity index (χ1v) is 6.23. The second-order valence-corrected chi connectivity index (χ2v) is 5.84. The van der Waals surface area contributed by atoms with Crippen LogP contribution in [0.1, 0.15) is 37.8 Å². The predicted octanol–water partition coefficient (Wildman–Crippen LogP) is 1.97. The van der Waals surface area contributed by atoms with Crippen LogP contribution in [0.3, 0.4) is 0 Å². The van der Waals surface area contributed by atoms with E-state index in [1.54, 1.807) is 6.07 Å². The van der Waals surface area contributed by atoms with E-state index in [1.165, 1.54) is 11.1 Å². The molecule has 0 aromatic heterocycles. The predicted molar refractivity (Wildman–Crippen MR) is 70.3 cm³/mol. The fourth-order valence-electron chi connectivity index (χ4n) is 2.25. The second kappa shape index (κ2) is 4.67. The standard InChI is InChI=1S/C14H22N2O/c1-14(2,3)16-9-11-8-15-7-10-6-12(17)4-5-13(10)11/h4-6,11,15-17H,7-9H2,1-3H3. The molecular formula is C14H22N2O. The summed E-state index contributed by atoms with van der Waals surface area (Å²) >= 11 is 0. The minimum atomic E-state index is 0.147. The molecule has 1 aromatic carbocycles. The Morgan fingerprint density at radius 2 is 2.18 bits per heavy atom. The number of phenols is 1. The molecule has 0 aliphatic carbocycles. The van der Waals surface area contributed by atoms with E-state index in [1.807, 2.05) is 6.07 Å². The maximum absolute atomic E-state index is 9.49. The summed E-state index contributed by atoms with van der Waals surface area (Å²) in [5.74, 6) is 0.841. The normalized spacial score (nSPS) is 20.1. The van der Waals surface area contributed by atoms with E-state index in [9.17, 15) is 5.11 Å². The van der Waals surface area contributed by atoms with Crippen LogP contribution in [0, 0.1) is 0 Å². The number of benzene rings is 1. The summed E-state index contributed by atoms with van der Waals surface area (Å²) < 4.78 is 0. The van der Waals surface area contributed by atoms with Gasteiger partial charge in [0.05, 0.1) is 0 Å². The Balaban J connectivity index is 2.12. The van der Waals surface area contributed by atoms with E-state index in [0.717, 1.165) is 19.6 Å². The Morgan fingerprint density at radius 1 is 1.41 bits per heavy atom. The number of aromatic hydroxyl groups is 1. The van der Waals surface area contributed by atoms with E-state index in [4.69, 9.17) is 0 Å². The molecule has 0 saturated heterocycles. The summed E-state index contributed by atoms with van der Waals surface area (Å²) in [7, 11) is 0. The molecule has 3 N–H and O–H groups in total. The highest BCUT2D eigenvalue weighted by atomic mass is 16.3. The van der Waals surface area contributed by atoms with Gasteiger partial charge >= 0.3 is 0 Å². The molecule has 0 amide bonds. The largest absolute Gasteiger partial charge is 0.508 e. The van der Waals surface area contributed by atoms with Gasteiger partial charge in [-0.15, -0.1) is 0 Å². The molecule has 0 radical (unpaired) electrons. The molecular weight excluding hydrogens is 212 g/mol. The average Bonchev–Trinajstić information content (AvgIpc) is 2.24. The topological polar surface area (TPSA) is 44.3 Å². The number of phenolic OH excluding ortho intramolecular Hbond substituents is 1. The van der Waals surface area contributed by atoms with Gasteiger partial charge in [-0.25, -0.2) is 0 Å². The van der Waals surface area contributed by atoms with Gasteiger partial charge in [-0.2, -0.15) is 0 Å². The van der Waals surface area contributed by atoms with Crippen molar-refractivity contribution in [3.63, 3.8) is 0 Å². The highest BCUT2D eigenvalue weighted by molar-refractivity contribution is 5.38. The molecule has 1 aliphatic heterocycles. The van der Waals surface area contributed by atoms with E-state index >= 15 is 0 Å². The molecule has 94 valence electrons. The van der Waals surface area contributed by atoms with Gasteiger partial charge in [0, 0.05) is 31.1 Å². The lowest BCUT2D eigenvalue weighted by Crippen LogP contribution is -2.42. The van der Waals surface area contributed by atoms with Crippen molar-refractivity contribution in [3.05, 3.63) is 29.3 Å².